The zero-order chi connectivity index (χ0) is 48.1. The van der Waals surface area contributed by atoms with Gasteiger partial charge in [-0.25, -0.2) is 0 Å². The molecule has 3 aromatic rings. The number of carbonyl (C=O) groups excluding carboxylic acids is 1. The molecule has 0 aromatic heterocycles. The average Bonchev–Trinajstić information content (AvgIpc) is 3.36. The van der Waals surface area contributed by atoms with Gasteiger partial charge < -0.3 is 29.4 Å². The molecule has 332 valence electrons. The van der Waals surface area contributed by atoms with E-state index in [1.165, 1.54) is 5.56 Å². The van der Waals surface area contributed by atoms with Gasteiger partial charge in [0.25, 0.3) is 5.91 Å². The monoisotopic (exact) mass is 889 g/mol. The highest BCUT2D eigenvalue weighted by Gasteiger charge is 2.43. The first-order chi connectivity index (χ1) is 33.4. The molecular formula is C61H47NO6. The van der Waals surface area contributed by atoms with Crippen molar-refractivity contribution in [1.82, 2.24) is 5.32 Å². The maximum Gasteiger partial charge on any atom is 0.297 e. The molecule has 68 heavy (non-hydrogen) atoms. The van der Waals surface area contributed by atoms with Crippen LogP contribution >= 0.6 is 0 Å². The summed E-state index contributed by atoms with van der Waals surface area (Å²) in [5.41, 5.74) is 3.24. The number of aliphatic hydroxyl groups is 1. The fraction of sp³-hybridized carbons (Fsp3) is 0.262. The molecule has 1 fully saturated rings. The summed E-state index contributed by atoms with van der Waals surface area (Å²) in [5, 5.41) is 14.2. The number of carbonyl (C=O) groups is 1. The van der Waals surface area contributed by atoms with Gasteiger partial charge in [0.05, 0.1) is 44.7 Å². The van der Waals surface area contributed by atoms with Gasteiger partial charge in [-0.05, 0) is 143 Å². The molecule has 1 heterocycles. The van der Waals surface area contributed by atoms with Crippen molar-refractivity contribution in [2.45, 2.75) is 77.5 Å². The second kappa shape index (κ2) is 33.0. The van der Waals surface area contributed by atoms with Gasteiger partial charge in [0, 0.05) is 41.4 Å². The van der Waals surface area contributed by atoms with Crippen LogP contribution in [0.2, 0.25) is 0 Å². The zero-order valence-electron chi connectivity index (χ0n) is 38.1. The number of rotatable bonds is 16. The van der Waals surface area contributed by atoms with E-state index in [9.17, 15) is 9.90 Å². The topological polar surface area (TPSA) is 86.3 Å². The summed E-state index contributed by atoms with van der Waals surface area (Å²) in [6.45, 7) is 6.94. The first kappa shape index (κ1) is 52.0. The summed E-state index contributed by atoms with van der Waals surface area (Å²) in [6.07, 6.45) is 2.28. The van der Waals surface area contributed by atoms with E-state index in [4.69, 9.17) is 18.9 Å². The van der Waals surface area contributed by atoms with Crippen molar-refractivity contribution in [3.63, 3.8) is 0 Å². The molecule has 1 aliphatic heterocycles. The summed E-state index contributed by atoms with van der Waals surface area (Å²) in [5.74, 6) is 60.1. The summed E-state index contributed by atoms with van der Waals surface area (Å²) in [7, 11) is 0. The van der Waals surface area contributed by atoms with Crippen LogP contribution in [0.25, 0.3) is 0 Å². The van der Waals surface area contributed by atoms with Gasteiger partial charge in [0.1, 0.15) is 6.10 Å². The summed E-state index contributed by atoms with van der Waals surface area (Å²) < 4.78 is 25.7. The number of benzene rings is 3. The lowest BCUT2D eigenvalue weighted by Crippen LogP contribution is -2.54. The maximum absolute atomic E-state index is 13.1. The lowest BCUT2D eigenvalue weighted by molar-refractivity contribution is -0.291. The van der Waals surface area contributed by atoms with Gasteiger partial charge in [-0.3, -0.25) is 4.79 Å². The Balaban J connectivity index is 1.39. The smallest absolute Gasteiger partial charge is 0.297 e. The summed E-state index contributed by atoms with van der Waals surface area (Å²) in [6, 6.07) is 29.0. The van der Waals surface area contributed by atoms with Crippen LogP contribution in [0.15, 0.2) is 103 Å². The number of nitrogens with one attached hydrogen (secondary N) is 1. The van der Waals surface area contributed by atoms with Crippen LogP contribution in [-0.2, 0) is 43.4 Å². The molecule has 2 N–H and O–H groups in total. The first-order valence-electron chi connectivity index (χ1n) is 21.6. The fourth-order valence-electron chi connectivity index (χ4n) is 6.12. The van der Waals surface area contributed by atoms with Crippen molar-refractivity contribution >= 4 is 5.91 Å². The predicted octanol–water partition coefficient (Wildman–Crippen LogP) is 5.90. The van der Waals surface area contributed by atoms with Crippen LogP contribution in [0, 0.1) is 154 Å². The van der Waals surface area contributed by atoms with E-state index in [0.29, 0.717) is 26.2 Å². The van der Waals surface area contributed by atoms with Gasteiger partial charge >= 0.3 is 0 Å². The van der Waals surface area contributed by atoms with Crippen LogP contribution in [0.3, 0.4) is 0 Å². The zero-order valence-corrected chi connectivity index (χ0v) is 38.1. The van der Waals surface area contributed by atoms with E-state index in [1.54, 1.807) is 13.0 Å². The van der Waals surface area contributed by atoms with E-state index < -0.39 is 30.4 Å². The fourth-order valence-corrected chi connectivity index (χ4v) is 6.12. The number of amides is 1. The molecule has 2 unspecified atom stereocenters. The van der Waals surface area contributed by atoms with Crippen molar-refractivity contribution in [1.29, 1.82) is 0 Å². The van der Waals surface area contributed by atoms with Crippen molar-refractivity contribution in [3.05, 3.63) is 120 Å². The highest BCUT2D eigenvalue weighted by Crippen LogP contribution is 2.34. The van der Waals surface area contributed by atoms with Gasteiger partial charge in [0.15, 0.2) is 6.29 Å². The Labute approximate surface area is 402 Å². The van der Waals surface area contributed by atoms with Crippen LogP contribution in [0.1, 0.15) is 43.9 Å². The minimum atomic E-state index is -1.12. The molecule has 1 saturated heterocycles. The highest BCUT2D eigenvalue weighted by molar-refractivity contribution is 5.94. The van der Waals surface area contributed by atoms with Crippen LogP contribution in [0.4, 0.5) is 0 Å². The average molecular weight is 890 g/mol. The van der Waals surface area contributed by atoms with E-state index >= 15 is 0 Å². The van der Waals surface area contributed by atoms with E-state index in [1.807, 2.05) is 84.9 Å². The maximum atomic E-state index is 13.1. The van der Waals surface area contributed by atoms with Crippen molar-refractivity contribution in [3.8, 4) is 142 Å². The molecule has 1 aliphatic rings. The van der Waals surface area contributed by atoms with Gasteiger partial charge in [0.2, 0.25) is 0 Å². The van der Waals surface area contributed by atoms with Crippen molar-refractivity contribution in [2.24, 2.45) is 11.8 Å². The van der Waals surface area contributed by atoms with Crippen LogP contribution in [0.5, 0.6) is 0 Å². The molecule has 7 atom stereocenters. The molecular weight excluding hydrogens is 843 g/mol. The number of ether oxygens (including phenoxy) is 4. The number of aryl methyl sites for hydroxylation is 1. The third kappa shape index (κ3) is 21.8. The standard InChI is InChI=1S/C61H47NO6/c1-4-5-6-7-8-9-10-11-12-13-14-15-16-17-18-19-20-21-22-23-24-25-35-46-59(64)62-56(57(63)45-37-36-40-53-38-29-26-30-39-53)49-67-61-60(66-48-55-43-33-28-34-44-55)52(3)51(2)58(68-61)50-65-47-54-41-31-27-32-42-54/h26-34,37-39,41-45,51-52,56-58,60-61,63H,36,40,47-50H2,1-3H3,(H,62,64)/b45-37+/t51-,52+,56+,57-,58?,60?,61-/m1/s1. The normalized spacial score (nSPS) is 16.5. The molecule has 0 aliphatic carbocycles. The van der Waals surface area contributed by atoms with Gasteiger partial charge in [-0.15, -0.1) is 0 Å². The molecule has 0 radical (unpaired) electrons. The first-order valence-corrected chi connectivity index (χ1v) is 21.6. The minimum absolute atomic E-state index is 0.00809. The number of hydrogen-bond acceptors (Lipinski definition) is 6. The van der Waals surface area contributed by atoms with E-state index in [-0.39, 0.29) is 24.5 Å². The predicted molar refractivity (Wildman–Crippen MR) is 265 cm³/mol. The quantitative estimate of drug-likeness (QED) is 0.138. The number of aliphatic hydroxyl groups excluding tert-OH is 1. The lowest BCUT2D eigenvalue weighted by Gasteiger charge is -2.44. The lowest BCUT2D eigenvalue weighted by atomic mass is 9.83. The molecule has 0 bridgehead atoms. The third-order valence-electron chi connectivity index (χ3n) is 9.75. The Morgan fingerprint density at radius 2 is 1.07 bits per heavy atom. The Morgan fingerprint density at radius 3 is 1.57 bits per heavy atom. The highest BCUT2D eigenvalue weighted by atomic mass is 16.7. The second-order valence-corrected chi connectivity index (χ2v) is 14.5. The van der Waals surface area contributed by atoms with Gasteiger partial charge in [-0.1, -0.05) is 123 Å². The Kier molecular flexibility index (Phi) is 25.2. The molecule has 0 spiro atoms. The molecule has 4 rings (SSSR count). The summed E-state index contributed by atoms with van der Waals surface area (Å²) in [4.78, 5) is 13.1. The SMILES string of the molecule is CC#CC#CC#CC#CC#CC#CC#CC#CC#CC#CC#CC#CC(=O)N[C@@H](CO[C@@H]1OC(COCc2ccccc2)[C@H](C)[C@H](C)C1OCc1ccccc1)[C@H](O)/C=C/CCc1ccccc1. The van der Waals surface area contributed by atoms with Crippen molar-refractivity contribution in [2.75, 3.05) is 13.2 Å². The summed E-state index contributed by atoms with van der Waals surface area (Å²) >= 11 is 0. The minimum Gasteiger partial charge on any atom is -0.387 e. The Morgan fingerprint density at radius 1 is 0.618 bits per heavy atom. The van der Waals surface area contributed by atoms with E-state index in [0.717, 1.165) is 17.5 Å². The molecule has 7 heteroatoms. The number of hydrogen-bond donors (Lipinski definition) is 2. The number of allylic oxidation sites excluding steroid dienone is 1. The molecule has 7 nitrogen and oxygen atoms in total. The Hall–Kier alpha value is -8.61. The largest absolute Gasteiger partial charge is 0.387 e. The van der Waals surface area contributed by atoms with Gasteiger partial charge in [-0.2, -0.15) is 0 Å². The van der Waals surface area contributed by atoms with Crippen molar-refractivity contribution < 1.29 is 28.8 Å². The van der Waals surface area contributed by atoms with E-state index in [2.05, 4.69) is 173 Å². The third-order valence-corrected chi connectivity index (χ3v) is 9.75. The second-order valence-electron chi connectivity index (χ2n) is 14.5. The van der Waals surface area contributed by atoms with Crippen LogP contribution < -0.4 is 5.32 Å². The van der Waals surface area contributed by atoms with Crippen LogP contribution in [-0.4, -0.2) is 54.9 Å². The molecule has 0 saturated carbocycles. The Bertz CT molecular complexity index is 2960. The molecule has 3 aromatic carbocycles. The molecule has 1 amide bonds.